The van der Waals surface area contributed by atoms with Crippen LogP contribution in [-0.2, 0) is 9.59 Å². The first-order chi connectivity index (χ1) is 8.39. The van der Waals surface area contributed by atoms with Crippen LogP contribution in [0, 0.1) is 5.92 Å². The lowest BCUT2D eigenvalue weighted by Crippen LogP contribution is -2.52. The monoisotopic (exact) mass is 260 g/mol. The third-order valence-electron chi connectivity index (χ3n) is 3.81. The Balaban J connectivity index is 1.81. The molecule has 4 nitrogen and oxygen atoms in total. The zero-order chi connectivity index (χ0) is 13.3. The van der Waals surface area contributed by atoms with Gasteiger partial charge in [0, 0.05) is 26.3 Å². The molecule has 1 aliphatic carbocycles. The molecule has 18 heavy (non-hydrogen) atoms. The normalized spacial score (nSPS) is 32.1. The molecule has 2 fully saturated rings. The summed E-state index contributed by atoms with van der Waals surface area (Å²) in [5, 5.41) is 3.03. The van der Waals surface area contributed by atoms with Gasteiger partial charge in [-0.05, 0) is 25.3 Å². The van der Waals surface area contributed by atoms with Gasteiger partial charge in [-0.3, -0.25) is 14.5 Å². The standard InChI is InChI=1S/C12H18F2N2O2/c1-16-10(17)3-2-9(11(16)18)15-7-8-4-5-12(13,14)6-8/h8-9,15H,2-7H2,1H3. The van der Waals surface area contributed by atoms with E-state index in [0.717, 1.165) is 4.90 Å². The predicted octanol–water partition coefficient (Wildman–Crippen LogP) is 1.16. The van der Waals surface area contributed by atoms with E-state index in [2.05, 4.69) is 5.32 Å². The second kappa shape index (κ2) is 4.91. The Bertz CT molecular complexity index is 360. The van der Waals surface area contributed by atoms with Crippen molar-refractivity contribution in [1.29, 1.82) is 0 Å². The van der Waals surface area contributed by atoms with Gasteiger partial charge < -0.3 is 5.32 Å². The van der Waals surface area contributed by atoms with E-state index in [1.54, 1.807) is 0 Å². The molecule has 0 aromatic heterocycles. The lowest BCUT2D eigenvalue weighted by molar-refractivity contribution is -0.148. The maximum Gasteiger partial charge on any atom is 0.248 e. The molecule has 2 atom stereocenters. The molecule has 102 valence electrons. The molecule has 1 heterocycles. The molecular weight excluding hydrogens is 242 g/mol. The lowest BCUT2D eigenvalue weighted by Gasteiger charge is -2.29. The van der Waals surface area contributed by atoms with Crippen molar-refractivity contribution in [2.45, 2.75) is 44.1 Å². The van der Waals surface area contributed by atoms with Crippen LogP contribution in [0.3, 0.4) is 0 Å². The Morgan fingerprint density at radius 3 is 2.72 bits per heavy atom. The van der Waals surface area contributed by atoms with Gasteiger partial charge in [0.05, 0.1) is 6.04 Å². The molecule has 1 saturated carbocycles. The summed E-state index contributed by atoms with van der Waals surface area (Å²) in [6, 6.07) is -0.401. The molecule has 1 saturated heterocycles. The third-order valence-corrected chi connectivity index (χ3v) is 3.81. The average molecular weight is 260 g/mol. The largest absolute Gasteiger partial charge is 0.306 e. The molecule has 1 aliphatic heterocycles. The van der Waals surface area contributed by atoms with E-state index >= 15 is 0 Å². The van der Waals surface area contributed by atoms with E-state index in [9.17, 15) is 18.4 Å². The Morgan fingerprint density at radius 2 is 2.11 bits per heavy atom. The molecule has 0 radical (unpaired) electrons. The third kappa shape index (κ3) is 2.85. The summed E-state index contributed by atoms with van der Waals surface area (Å²) in [6.45, 7) is 0.425. The van der Waals surface area contributed by atoms with Crippen molar-refractivity contribution < 1.29 is 18.4 Å². The number of nitrogens with one attached hydrogen (secondary N) is 1. The fourth-order valence-electron chi connectivity index (χ4n) is 2.63. The van der Waals surface area contributed by atoms with E-state index in [4.69, 9.17) is 0 Å². The maximum atomic E-state index is 13.0. The zero-order valence-corrected chi connectivity index (χ0v) is 10.4. The SMILES string of the molecule is CN1C(=O)CCC(NCC2CCC(F)(F)C2)C1=O. The van der Waals surface area contributed by atoms with Gasteiger partial charge in [-0.25, -0.2) is 8.78 Å². The van der Waals surface area contributed by atoms with Crippen LogP contribution in [0.15, 0.2) is 0 Å². The van der Waals surface area contributed by atoms with Crippen LogP contribution in [0.25, 0.3) is 0 Å². The summed E-state index contributed by atoms with van der Waals surface area (Å²) in [4.78, 5) is 24.2. The summed E-state index contributed by atoms with van der Waals surface area (Å²) in [5.41, 5.74) is 0. The summed E-state index contributed by atoms with van der Waals surface area (Å²) in [7, 11) is 1.46. The zero-order valence-electron chi connectivity index (χ0n) is 10.4. The number of carbonyl (C=O) groups excluding carboxylic acids is 2. The fourth-order valence-corrected chi connectivity index (χ4v) is 2.63. The number of likely N-dealkylation sites (tertiary alicyclic amines) is 1. The predicted molar refractivity (Wildman–Crippen MR) is 61.1 cm³/mol. The van der Waals surface area contributed by atoms with E-state index in [0.29, 0.717) is 25.8 Å². The Morgan fingerprint density at radius 1 is 1.39 bits per heavy atom. The van der Waals surface area contributed by atoms with Crippen LogP contribution in [-0.4, -0.2) is 42.3 Å². The molecule has 0 aromatic carbocycles. The first-order valence-corrected chi connectivity index (χ1v) is 6.31. The minimum absolute atomic E-state index is 0.0592. The number of amides is 2. The van der Waals surface area contributed by atoms with Crippen molar-refractivity contribution in [3.05, 3.63) is 0 Å². The van der Waals surface area contributed by atoms with E-state index in [-0.39, 0.29) is 30.6 Å². The van der Waals surface area contributed by atoms with Crippen LogP contribution < -0.4 is 5.32 Å². The number of piperidine rings is 1. The first-order valence-electron chi connectivity index (χ1n) is 6.31. The average Bonchev–Trinajstić information content (AvgIpc) is 2.65. The van der Waals surface area contributed by atoms with Gasteiger partial charge in [-0.1, -0.05) is 0 Å². The van der Waals surface area contributed by atoms with Gasteiger partial charge in [0.2, 0.25) is 17.7 Å². The summed E-state index contributed by atoms with van der Waals surface area (Å²) in [5.74, 6) is -3.05. The van der Waals surface area contributed by atoms with Crippen molar-refractivity contribution >= 4 is 11.8 Å². The van der Waals surface area contributed by atoms with Crippen LogP contribution in [0.1, 0.15) is 32.1 Å². The highest BCUT2D eigenvalue weighted by Crippen LogP contribution is 2.38. The van der Waals surface area contributed by atoms with Crippen molar-refractivity contribution in [2.75, 3.05) is 13.6 Å². The van der Waals surface area contributed by atoms with Crippen LogP contribution >= 0.6 is 0 Å². The lowest BCUT2D eigenvalue weighted by atomic mass is 10.0. The first kappa shape index (κ1) is 13.4. The minimum Gasteiger partial charge on any atom is -0.306 e. The van der Waals surface area contributed by atoms with Gasteiger partial charge in [0.15, 0.2) is 0 Å². The molecule has 2 rings (SSSR count). The number of carbonyl (C=O) groups is 2. The number of hydrogen-bond donors (Lipinski definition) is 1. The summed E-state index contributed by atoms with van der Waals surface area (Å²) >= 11 is 0. The maximum absolute atomic E-state index is 13.0. The van der Waals surface area contributed by atoms with Crippen molar-refractivity contribution in [3.63, 3.8) is 0 Å². The highest BCUT2D eigenvalue weighted by atomic mass is 19.3. The van der Waals surface area contributed by atoms with E-state index < -0.39 is 12.0 Å². The highest BCUT2D eigenvalue weighted by molar-refractivity contribution is 6.00. The summed E-state index contributed by atoms with van der Waals surface area (Å²) in [6.07, 6.45) is 1.13. The molecule has 1 N–H and O–H groups in total. The van der Waals surface area contributed by atoms with Crippen molar-refractivity contribution in [2.24, 2.45) is 5.92 Å². The number of imide groups is 1. The molecule has 0 aromatic rings. The molecule has 0 bridgehead atoms. The van der Waals surface area contributed by atoms with Crippen LogP contribution in [0.5, 0.6) is 0 Å². The number of likely N-dealkylation sites (N-methyl/N-ethyl adjacent to an activating group) is 1. The fraction of sp³-hybridized carbons (Fsp3) is 0.833. The molecule has 2 unspecified atom stereocenters. The van der Waals surface area contributed by atoms with Crippen LogP contribution in [0.4, 0.5) is 8.78 Å². The number of alkyl halides is 2. The second-order valence-corrected chi connectivity index (χ2v) is 5.26. The topological polar surface area (TPSA) is 49.4 Å². The molecular formula is C12H18F2N2O2. The Labute approximate surface area is 105 Å². The van der Waals surface area contributed by atoms with Crippen molar-refractivity contribution in [3.8, 4) is 0 Å². The molecule has 6 heteroatoms. The van der Waals surface area contributed by atoms with Gasteiger partial charge in [0.25, 0.3) is 0 Å². The molecule has 0 spiro atoms. The quantitative estimate of drug-likeness (QED) is 0.775. The Hall–Kier alpha value is -1.04. The van der Waals surface area contributed by atoms with Crippen molar-refractivity contribution in [1.82, 2.24) is 10.2 Å². The highest BCUT2D eigenvalue weighted by Gasteiger charge is 2.40. The Kier molecular flexibility index (Phi) is 3.66. The van der Waals surface area contributed by atoms with Gasteiger partial charge in [-0.15, -0.1) is 0 Å². The van der Waals surface area contributed by atoms with Gasteiger partial charge in [-0.2, -0.15) is 0 Å². The molecule has 2 amide bonds. The van der Waals surface area contributed by atoms with E-state index in [1.165, 1.54) is 7.05 Å². The van der Waals surface area contributed by atoms with Gasteiger partial charge in [0.1, 0.15) is 0 Å². The van der Waals surface area contributed by atoms with Crippen LogP contribution in [0.2, 0.25) is 0 Å². The number of hydrogen-bond acceptors (Lipinski definition) is 3. The smallest absolute Gasteiger partial charge is 0.248 e. The number of halogens is 2. The number of nitrogens with zero attached hydrogens (tertiary/aromatic N) is 1. The van der Waals surface area contributed by atoms with E-state index in [1.807, 2.05) is 0 Å². The second-order valence-electron chi connectivity index (χ2n) is 5.26. The molecule has 2 aliphatic rings. The van der Waals surface area contributed by atoms with Gasteiger partial charge >= 0.3 is 0 Å². The number of rotatable bonds is 3. The minimum atomic E-state index is -2.55. The summed E-state index contributed by atoms with van der Waals surface area (Å²) < 4.78 is 26.0.